The number of aryl methyl sites for hydroxylation is 2. The molecule has 0 radical (unpaired) electrons. The number of carbonyl (C=O) groups is 1. The molecule has 1 saturated carbocycles. The Kier molecular flexibility index (Phi) is 2.62. The van der Waals surface area contributed by atoms with E-state index in [0.717, 1.165) is 29.1 Å². The molecule has 0 bridgehead atoms. The van der Waals surface area contributed by atoms with Crippen LogP contribution in [0, 0.1) is 16.7 Å². The first-order valence-corrected chi connectivity index (χ1v) is 8.26. The van der Waals surface area contributed by atoms with Gasteiger partial charge in [-0.3, -0.25) is 4.79 Å². The summed E-state index contributed by atoms with van der Waals surface area (Å²) in [5, 5.41) is 11.5. The largest absolute Gasteiger partial charge is 0.302 e. The number of amides is 1. The minimum absolute atomic E-state index is 0.0187. The highest BCUT2D eigenvalue weighted by atomic mass is 32.1. The van der Waals surface area contributed by atoms with Crippen molar-refractivity contribution < 1.29 is 9.42 Å². The van der Waals surface area contributed by atoms with Gasteiger partial charge in [0.2, 0.25) is 5.91 Å². The summed E-state index contributed by atoms with van der Waals surface area (Å²) in [7, 11) is 0. The van der Waals surface area contributed by atoms with Gasteiger partial charge < -0.3 is 5.32 Å². The molecule has 2 aliphatic rings. The molecule has 7 heteroatoms. The van der Waals surface area contributed by atoms with E-state index in [1.54, 1.807) is 0 Å². The van der Waals surface area contributed by atoms with Crippen LogP contribution in [0.2, 0.25) is 0 Å². The van der Waals surface area contributed by atoms with E-state index in [-0.39, 0.29) is 22.7 Å². The molecule has 0 aromatic carbocycles. The summed E-state index contributed by atoms with van der Waals surface area (Å²) < 4.78 is 4.79. The highest BCUT2D eigenvalue weighted by Crippen LogP contribution is 2.68. The van der Waals surface area contributed by atoms with Gasteiger partial charge in [0.15, 0.2) is 10.8 Å². The zero-order valence-corrected chi connectivity index (χ0v) is 13.9. The minimum atomic E-state index is 0.0187. The van der Waals surface area contributed by atoms with Crippen molar-refractivity contribution in [2.24, 2.45) is 16.7 Å². The highest BCUT2D eigenvalue weighted by molar-refractivity contribution is 7.16. The first kappa shape index (κ1) is 13.9. The van der Waals surface area contributed by atoms with Gasteiger partial charge in [-0.15, -0.1) is 11.3 Å². The lowest BCUT2D eigenvalue weighted by molar-refractivity contribution is -0.118. The third-order valence-electron chi connectivity index (χ3n) is 5.58. The quantitative estimate of drug-likeness (QED) is 0.920. The number of aromatic nitrogens is 3. The Labute approximate surface area is 132 Å². The average molecular weight is 318 g/mol. The molecule has 2 heterocycles. The molecule has 2 aromatic heterocycles. The molecule has 2 aliphatic carbocycles. The summed E-state index contributed by atoms with van der Waals surface area (Å²) >= 11 is 1.52. The molecule has 116 valence electrons. The van der Waals surface area contributed by atoms with E-state index in [4.69, 9.17) is 4.63 Å². The fraction of sp³-hybridized carbons (Fsp3) is 0.600. The number of nitrogens with one attached hydrogen (secondary N) is 1. The van der Waals surface area contributed by atoms with Gasteiger partial charge in [-0.2, -0.15) is 0 Å². The van der Waals surface area contributed by atoms with Gasteiger partial charge in [-0.05, 0) is 22.4 Å². The lowest BCUT2D eigenvalue weighted by atomic mass is 10.0. The van der Waals surface area contributed by atoms with Crippen molar-refractivity contribution in [1.82, 2.24) is 15.3 Å². The van der Waals surface area contributed by atoms with Gasteiger partial charge in [0.25, 0.3) is 0 Å². The number of nitrogens with zero attached hydrogens (tertiary/aromatic N) is 3. The molecule has 22 heavy (non-hydrogen) atoms. The maximum atomic E-state index is 12.5. The standard InChI is InChI=1S/C15H18N4O2S/c1-14(2)11(15(14,3)4)12(20)17-13-16-10-8(22-13)6-5-7-9(10)19-21-18-7/h11H,5-6H2,1-4H3,(H,16,17,20). The Morgan fingerprint density at radius 1 is 1.18 bits per heavy atom. The van der Waals surface area contributed by atoms with Crippen molar-refractivity contribution in [3.05, 3.63) is 10.6 Å². The van der Waals surface area contributed by atoms with E-state index >= 15 is 0 Å². The van der Waals surface area contributed by atoms with Crippen molar-refractivity contribution >= 4 is 22.4 Å². The van der Waals surface area contributed by atoms with Crippen molar-refractivity contribution in [3.8, 4) is 11.4 Å². The lowest BCUT2D eigenvalue weighted by Crippen LogP contribution is -2.17. The van der Waals surface area contributed by atoms with Crippen LogP contribution in [0.15, 0.2) is 4.63 Å². The molecule has 0 spiro atoms. The van der Waals surface area contributed by atoms with Crippen molar-refractivity contribution in [2.75, 3.05) is 5.32 Å². The van der Waals surface area contributed by atoms with E-state index in [1.807, 2.05) is 0 Å². The molecular formula is C15H18N4O2S. The summed E-state index contributed by atoms with van der Waals surface area (Å²) in [6, 6.07) is 0. The first-order chi connectivity index (χ1) is 10.3. The number of thiazole rings is 1. The van der Waals surface area contributed by atoms with Crippen molar-refractivity contribution in [1.29, 1.82) is 0 Å². The Balaban J connectivity index is 1.58. The van der Waals surface area contributed by atoms with Gasteiger partial charge in [0.1, 0.15) is 11.4 Å². The highest BCUT2D eigenvalue weighted by Gasteiger charge is 2.68. The Bertz CT molecular complexity index is 760. The molecule has 1 fully saturated rings. The maximum absolute atomic E-state index is 12.5. The van der Waals surface area contributed by atoms with Gasteiger partial charge in [-0.1, -0.05) is 32.9 Å². The molecule has 0 aliphatic heterocycles. The summed E-state index contributed by atoms with van der Waals surface area (Å²) in [6.45, 7) is 8.55. The maximum Gasteiger partial charge on any atom is 0.230 e. The second kappa shape index (κ2) is 4.16. The van der Waals surface area contributed by atoms with Crippen LogP contribution in [-0.4, -0.2) is 21.2 Å². The second-order valence-corrected chi connectivity index (χ2v) is 8.30. The number of hydrogen-bond donors (Lipinski definition) is 1. The molecule has 0 atom stereocenters. The van der Waals surface area contributed by atoms with Crippen LogP contribution in [-0.2, 0) is 17.6 Å². The smallest absolute Gasteiger partial charge is 0.230 e. The second-order valence-electron chi connectivity index (χ2n) is 7.22. The number of carbonyl (C=O) groups excluding carboxylic acids is 1. The number of rotatable bonds is 2. The van der Waals surface area contributed by atoms with E-state index in [9.17, 15) is 4.79 Å². The molecule has 4 rings (SSSR count). The van der Waals surface area contributed by atoms with Crippen LogP contribution in [0.4, 0.5) is 5.13 Å². The number of hydrogen-bond acceptors (Lipinski definition) is 6. The van der Waals surface area contributed by atoms with Crippen molar-refractivity contribution in [3.63, 3.8) is 0 Å². The SMILES string of the molecule is CC1(C)C(C(=O)Nc2nc3c(s2)CCc2nonc2-3)C1(C)C. The summed E-state index contributed by atoms with van der Waals surface area (Å²) in [6.07, 6.45) is 1.68. The van der Waals surface area contributed by atoms with Gasteiger partial charge in [0.05, 0.1) is 0 Å². The molecule has 6 nitrogen and oxygen atoms in total. The summed E-state index contributed by atoms with van der Waals surface area (Å²) in [4.78, 5) is 18.2. The molecule has 1 N–H and O–H groups in total. The third kappa shape index (κ3) is 1.71. The van der Waals surface area contributed by atoms with Gasteiger partial charge >= 0.3 is 0 Å². The first-order valence-electron chi connectivity index (χ1n) is 7.45. The van der Waals surface area contributed by atoms with Crippen LogP contribution in [0.25, 0.3) is 11.4 Å². The Morgan fingerprint density at radius 3 is 2.59 bits per heavy atom. The molecular weight excluding hydrogens is 300 g/mol. The van der Waals surface area contributed by atoms with Crippen LogP contribution < -0.4 is 5.32 Å². The molecule has 1 amide bonds. The average Bonchev–Trinajstić information content (AvgIpc) is 2.87. The van der Waals surface area contributed by atoms with Crippen LogP contribution in [0.1, 0.15) is 38.3 Å². The predicted octanol–water partition coefficient (Wildman–Crippen LogP) is 2.91. The zero-order valence-electron chi connectivity index (χ0n) is 13.1. The number of fused-ring (bicyclic) bond motifs is 3. The monoisotopic (exact) mass is 318 g/mol. The molecule has 0 unspecified atom stereocenters. The van der Waals surface area contributed by atoms with E-state index in [2.05, 4.69) is 48.3 Å². The van der Waals surface area contributed by atoms with E-state index < -0.39 is 0 Å². The van der Waals surface area contributed by atoms with Gasteiger partial charge in [0, 0.05) is 17.2 Å². The minimum Gasteiger partial charge on any atom is -0.302 e. The van der Waals surface area contributed by atoms with Crippen LogP contribution in [0.5, 0.6) is 0 Å². The predicted molar refractivity (Wildman–Crippen MR) is 82.5 cm³/mol. The Morgan fingerprint density at radius 2 is 1.91 bits per heavy atom. The van der Waals surface area contributed by atoms with E-state index in [1.165, 1.54) is 11.3 Å². The topological polar surface area (TPSA) is 80.9 Å². The van der Waals surface area contributed by atoms with Gasteiger partial charge in [-0.25, -0.2) is 9.61 Å². The Hall–Kier alpha value is -1.76. The normalized spacial score (nSPS) is 21.1. The van der Waals surface area contributed by atoms with Crippen LogP contribution in [0.3, 0.4) is 0 Å². The fourth-order valence-corrected chi connectivity index (χ4v) is 4.54. The lowest BCUT2D eigenvalue weighted by Gasteiger charge is -2.04. The summed E-state index contributed by atoms with van der Waals surface area (Å²) in [5.74, 6) is 0.0739. The number of anilines is 1. The summed E-state index contributed by atoms with van der Waals surface area (Å²) in [5.41, 5.74) is 2.41. The van der Waals surface area contributed by atoms with Crippen molar-refractivity contribution in [2.45, 2.75) is 40.5 Å². The molecule has 0 saturated heterocycles. The van der Waals surface area contributed by atoms with E-state index in [0.29, 0.717) is 10.8 Å². The third-order valence-corrected chi connectivity index (χ3v) is 6.61. The zero-order chi connectivity index (χ0) is 15.7. The molecule has 2 aromatic rings. The van der Waals surface area contributed by atoms with Crippen LogP contribution >= 0.6 is 11.3 Å². The fourth-order valence-electron chi connectivity index (χ4n) is 3.57.